The molecular formula is C27H44F6O. The van der Waals surface area contributed by atoms with Crippen molar-refractivity contribution >= 4 is 0 Å². The molecule has 0 saturated heterocycles. The Morgan fingerprint density at radius 1 is 0.765 bits per heavy atom. The van der Waals surface area contributed by atoms with Crippen LogP contribution in [-0.2, 0) is 4.74 Å². The normalized spacial score (nSPS) is 39.3. The molecule has 3 rings (SSSR count). The SMILES string of the molecule is CC1CCC(C2CCC(C3CCC(C(C)CC(F)C(OC(F)(F)F)C(C)F)C(F)C3)CC2)CC1. The molecule has 0 aromatic heterocycles. The lowest BCUT2D eigenvalue weighted by Gasteiger charge is -2.43. The molecule has 0 N–H and O–H groups in total. The molecule has 3 aliphatic carbocycles. The summed E-state index contributed by atoms with van der Waals surface area (Å²) < 4.78 is 84.6. The fourth-order valence-corrected chi connectivity index (χ4v) is 7.36. The van der Waals surface area contributed by atoms with Gasteiger partial charge in [-0.3, -0.25) is 4.74 Å². The molecule has 3 aliphatic rings. The minimum Gasteiger partial charge on any atom is -0.282 e. The zero-order chi connectivity index (χ0) is 25.0. The molecule has 3 saturated carbocycles. The van der Waals surface area contributed by atoms with Gasteiger partial charge in [0, 0.05) is 0 Å². The summed E-state index contributed by atoms with van der Waals surface area (Å²) in [6, 6.07) is 0. The Morgan fingerprint density at radius 3 is 1.71 bits per heavy atom. The molecule has 0 amide bonds. The van der Waals surface area contributed by atoms with Crippen molar-refractivity contribution in [1.82, 2.24) is 0 Å². The third-order valence-electron chi connectivity index (χ3n) is 9.48. The van der Waals surface area contributed by atoms with E-state index in [4.69, 9.17) is 0 Å². The third kappa shape index (κ3) is 7.77. The van der Waals surface area contributed by atoms with Gasteiger partial charge in [-0.15, -0.1) is 13.2 Å². The molecule has 1 nitrogen and oxygen atoms in total. The summed E-state index contributed by atoms with van der Waals surface area (Å²) in [4.78, 5) is 0. The molecule has 0 aromatic carbocycles. The Labute approximate surface area is 201 Å². The van der Waals surface area contributed by atoms with E-state index in [-0.39, 0.29) is 6.42 Å². The first-order valence-electron chi connectivity index (χ1n) is 13.6. The predicted octanol–water partition coefficient (Wildman–Crippen LogP) is 9.00. The van der Waals surface area contributed by atoms with Crippen molar-refractivity contribution in [3.63, 3.8) is 0 Å². The minimum absolute atomic E-state index is 0.324. The quantitative estimate of drug-likeness (QED) is 0.303. The van der Waals surface area contributed by atoms with E-state index in [9.17, 15) is 22.0 Å². The van der Waals surface area contributed by atoms with Crippen LogP contribution >= 0.6 is 0 Å². The molecule has 0 aliphatic heterocycles. The summed E-state index contributed by atoms with van der Waals surface area (Å²) in [6.07, 6.45) is -0.700. The maximum Gasteiger partial charge on any atom is 0.522 e. The number of alkyl halides is 6. The van der Waals surface area contributed by atoms with Crippen LogP contribution in [0.1, 0.15) is 97.8 Å². The second-order valence-corrected chi connectivity index (χ2v) is 11.9. The predicted molar refractivity (Wildman–Crippen MR) is 122 cm³/mol. The Kier molecular flexibility index (Phi) is 10.1. The smallest absolute Gasteiger partial charge is 0.282 e. The van der Waals surface area contributed by atoms with Crippen molar-refractivity contribution in [2.75, 3.05) is 0 Å². The lowest BCUT2D eigenvalue weighted by atomic mass is 9.64. The van der Waals surface area contributed by atoms with Crippen LogP contribution in [0.3, 0.4) is 0 Å². The van der Waals surface area contributed by atoms with Gasteiger partial charge in [-0.25, -0.2) is 13.2 Å². The summed E-state index contributed by atoms with van der Waals surface area (Å²) in [5.74, 6) is 2.60. The number of hydrogen-bond donors (Lipinski definition) is 0. The molecule has 0 radical (unpaired) electrons. The van der Waals surface area contributed by atoms with Crippen LogP contribution < -0.4 is 0 Å². The van der Waals surface area contributed by atoms with Crippen molar-refractivity contribution in [2.45, 2.75) is 129 Å². The van der Waals surface area contributed by atoms with Crippen molar-refractivity contribution < 1.29 is 31.1 Å². The molecular weight excluding hydrogens is 454 g/mol. The maximum absolute atomic E-state index is 15.2. The molecule has 200 valence electrons. The molecule has 7 heteroatoms. The Bertz CT molecular complexity index is 594. The van der Waals surface area contributed by atoms with Crippen LogP contribution in [0, 0.1) is 41.4 Å². The highest BCUT2D eigenvalue weighted by atomic mass is 19.4. The molecule has 3 fully saturated rings. The van der Waals surface area contributed by atoms with Gasteiger partial charge in [-0.2, -0.15) is 0 Å². The Hall–Kier alpha value is -0.460. The summed E-state index contributed by atoms with van der Waals surface area (Å²) >= 11 is 0. The average molecular weight is 499 g/mol. The van der Waals surface area contributed by atoms with E-state index in [0.717, 1.165) is 31.1 Å². The molecule has 0 bridgehead atoms. The molecule has 0 spiro atoms. The maximum atomic E-state index is 15.2. The van der Waals surface area contributed by atoms with Gasteiger partial charge >= 0.3 is 6.36 Å². The first-order chi connectivity index (χ1) is 15.9. The average Bonchev–Trinajstić information content (AvgIpc) is 2.77. The van der Waals surface area contributed by atoms with Gasteiger partial charge in [0.2, 0.25) is 0 Å². The number of ether oxygens (including phenoxy) is 1. The van der Waals surface area contributed by atoms with Crippen molar-refractivity contribution in [3.05, 3.63) is 0 Å². The topological polar surface area (TPSA) is 9.23 Å². The minimum atomic E-state index is -5.10. The van der Waals surface area contributed by atoms with Crippen LogP contribution in [0.4, 0.5) is 26.3 Å². The van der Waals surface area contributed by atoms with E-state index in [0.29, 0.717) is 24.7 Å². The summed E-state index contributed by atoms with van der Waals surface area (Å²) in [5.41, 5.74) is 0. The van der Waals surface area contributed by atoms with Gasteiger partial charge < -0.3 is 0 Å². The lowest BCUT2D eigenvalue weighted by molar-refractivity contribution is -0.354. The van der Waals surface area contributed by atoms with E-state index in [1.54, 1.807) is 6.92 Å². The highest BCUT2D eigenvalue weighted by Gasteiger charge is 2.43. The number of halogens is 6. The van der Waals surface area contributed by atoms with Gasteiger partial charge in [-0.1, -0.05) is 26.7 Å². The second kappa shape index (κ2) is 12.2. The van der Waals surface area contributed by atoms with Crippen LogP contribution in [0.15, 0.2) is 0 Å². The molecule has 7 unspecified atom stereocenters. The zero-order valence-corrected chi connectivity index (χ0v) is 21.0. The largest absolute Gasteiger partial charge is 0.522 e. The Morgan fingerprint density at radius 2 is 1.24 bits per heavy atom. The number of rotatable bonds is 8. The third-order valence-corrected chi connectivity index (χ3v) is 9.48. The van der Waals surface area contributed by atoms with E-state index in [2.05, 4.69) is 11.7 Å². The van der Waals surface area contributed by atoms with E-state index >= 15 is 4.39 Å². The number of hydrogen-bond acceptors (Lipinski definition) is 1. The van der Waals surface area contributed by atoms with E-state index in [1.807, 2.05) is 0 Å². The van der Waals surface area contributed by atoms with Gasteiger partial charge in [0.15, 0.2) is 0 Å². The Balaban J connectivity index is 1.45. The van der Waals surface area contributed by atoms with Crippen LogP contribution in [0.5, 0.6) is 0 Å². The monoisotopic (exact) mass is 498 g/mol. The van der Waals surface area contributed by atoms with Crippen molar-refractivity contribution in [2.24, 2.45) is 41.4 Å². The van der Waals surface area contributed by atoms with Crippen LogP contribution in [-0.4, -0.2) is 31.0 Å². The van der Waals surface area contributed by atoms with Crippen LogP contribution in [0.25, 0.3) is 0 Å². The zero-order valence-electron chi connectivity index (χ0n) is 21.0. The molecule has 0 aromatic rings. The van der Waals surface area contributed by atoms with Crippen LogP contribution in [0.2, 0.25) is 0 Å². The first kappa shape index (κ1) is 28.1. The van der Waals surface area contributed by atoms with Gasteiger partial charge in [0.05, 0.1) is 0 Å². The molecule has 0 heterocycles. The van der Waals surface area contributed by atoms with Gasteiger partial charge in [0.1, 0.15) is 24.6 Å². The lowest BCUT2D eigenvalue weighted by Crippen LogP contribution is -2.41. The fourth-order valence-electron chi connectivity index (χ4n) is 7.36. The highest BCUT2D eigenvalue weighted by Crippen LogP contribution is 2.47. The summed E-state index contributed by atoms with van der Waals surface area (Å²) in [5, 5.41) is 0. The van der Waals surface area contributed by atoms with Gasteiger partial charge in [-0.05, 0) is 113 Å². The molecule has 34 heavy (non-hydrogen) atoms. The summed E-state index contributed by atoms with van der Waals surface area (Å²) in [7, 11) is 0. The molecule has 7 atom stereocenters. The van der Waals surface area contributed by atoms with E-state index < -0.39 is 42.8 Å². The first-order valence-corrected chi connectivity index (χ1v) is 13.6. The van der Waals surface area contributed by atoms with Gasteiger partial charge in [0.25, 0.3) is 0 Å². The highest BCUT2D eigenvalue weighted by molar-refractivity contribution is 4.90. The van der Waals surface area contributed by atoms with Crippen molar-refractivity contribution in [1.29, 1.82) is 0 Å². The second-order valence-electron chi connectivity index (χ2n) is 11.9. The van der Waals surface area contributed by atoms with E-state index in [1.165, 1.54) is 51.4 Å². The standard InChI is InChI=1S/C27H44F6O/c1-16-4-6-19(7-5-16)20-8-10-21(11-9-20)22-12-13-23(24(29)15-22)17(2)14-25(30)26(18(3)28)34-27(31,32)33/h16-26H,4-15H2,1-3H3. The summed E-state index contributed by atoms with van der Waals surface area (Å²) in [6.45, 7) is 4.88. The fraction of sp³-hybridized carbons (Fsp3) is 1.00. The van der Waals surface area contributed by atoms with Crippen molar-refractivity contribution in [3.8, 4) is 0 Å².